The van der Waals surface area contributed by atoms with Gasteiger partial charge < -0.3 is 9.30 Å². The lowest BCUT2D eigenvalue weighted by Crippen LogP contribution is -2.11. The van der Waals surface area contributed by atoms with Gasteiger partial charge in [-0.2, -0.15) is 8.78 Å². The number of aromatic nitrogens is 2. The van der Waals surface area contributed by atoms with E-state index in [1.54, 1.807) is 24.3 Å². The van der Waals surface area contributed by atoms with E-state index in [9.17, 15) is 17.6 Å². The molecule has 2 heterocycles. The van der Waals surface area contributed by atoms with E-state index < -0.39 is 24.6 Å². The summed E-state index contributed by atoms with van der Waals surface area (Å²) in [5.74, 6) is -0.536. The Hall–Kier alpha value is -2.09. The topological polar surface area (TPSA) is 27.1 Å². The molecular formula is C17H11BrF4N2O. The predicted molar refractivity (Wildman–Crippen MR) is 87.1 cm³/mol. The average molecular weight is 415 g/mol. The molecule has 0 amide bonds. The summed E-state index contributed by atoms with van der Waals surface area (Å²) < 4.78 is 60.7. The first-order valence-corrected chi connectivity index (χ1v) is 8.30. The quantitative estimate of drug-likeness (QED) is 0.525. The first-order valence-electron chi connectivity index (χ1n) is 7.51. The van der Waals surface area contributed by atoms with Crippen LogP contribution in [0.2, 0.25) is 0 Å². The number of ether oxygens (including phenoxy) is 1. The molecule has 0 aliphatic carbocycles. The number of alkyl halides is 3. The average Bonchev–Trinajstić information content (AvgIpc) is 3.09. The fourth-order valence-electron chi connectivity index (χ4n) is 3.31. The summed E-state index contributed by atoms with van der Waals surface area (Å²) in [5, 5.41) is 0. The standard InChI is InChI=1S/C17H11BrF4N2O/c18-9-5-6-11-15(14(9)20)24-12(7-10(19)16(24)23-11)8-3-1-2-4-13(8)25-17(21)22/h1-6,10,12,17H,7H2. The Morgan fingerprint density at radius 2 is 1.96 bits per heavy atom. The number of halogens is 5. The zero-order chi connectivity index (χ0) is 17.7. The third-order valence-corrected chi connectivity index (χ3v) is 4.90. The molecule has 2 aromatic carbocycles. The Kier molecular flexibility index (Phi) is 3.94. The molecule has 0 bridgehead atoms. The highest BCUT2D eigenvalue weighted by molar-refractivity contribution is 9.10. The Balaban J connectivity index is 1.93. The number of hydrogen-bond donors (Lipinski definition) is 0. The van der Waals surface area contributed by atoms with Crippen molar-refractivity contribution in [1.29, 1.82) is 0 Å². The van der Waals surface area contributed by atoms with Crippen molar-refractivity contribution in [3.63, 3.8) is 0 Å². The third-order valence-electron chi connectivity index (χ3n) is 4.29. The van der Waals surface area contributed by atoms with Crippen LogP contribution in [0.4, 0.5) is 17.6 Å². The van der Waals surface area contributed by atoms with Gasteiger partial charge in [0.25, 0.3) is 0 Å². The number of nitrogens with zero attached hydrogens (tertiary/aromatic N) is 2. The van der Waals surface area contributed by atoms with Crippen LogP contribution in [0.1, 0.15) is 30.0 Å². The van der Waals surface area contributed by atoms with E-state index in [2.05, 4.69) is 25.7 Å². The normalized spacial score (nSPS) is 19.6. The smallest absolute Gasteiger partial charge is 0.387 e. The summed E-state index contributed by atoms with van der Waals surface area (Å²) in [4.78, 5) is 4.18. The molecular weight excluding hydrogens is 404 g/mol. The number of hydrogen-bond acceptors (Lipinski definition) is 2. The van der Waals surface area contributed by atoms with Crippen molar-refractivity contribution in [2.75, 3.05) is 0 Å². The highest BCUT2D eigenvalue weighted by Gasteiger charge is 2.37. The number of fused-ring (bicyclic) bond motifs is 3. The maximum absolute atomic E-state index is 14.6. The summed E-state index contributed by atoms with van der Waals surface area (Å²) >= 11 is 3.11. The van der Waals surface area contributed by atoms with Gasteiger partial charge in [0.15, 0.2) is 12.0 Å². The van der Waals surface area contributed by atoms with Gasteiger partial charge in [0.2, 0.25) is 0 Å². The molecule has 1 aliphatic heterocycles. The summed E-state index contributed by atoms with van der Waals surface area (Å²) in [7, 11) is 0. The minimum atomic E-state index is -3.01. The molecule has 4 rings (SSSR count). The molecule has 0 N–H and O–H groups in total. The summed E-state index contributed by atoms with van der Waals surface area (Å²) in [5.41, 5.74) is 0.819. The minimum absolute atomic E-state index is 0.0200. The second-order valence-electron chi connectivity index (χ2n) is 5.70. The number of benzene rings is 2. The lowest BCUT2D eigenvalue weighted by atomic mass is 10.0. The van der Waals surface area contributed by atoms with E-state index in [-0.39, 0.29) is 28.0 Å². The first-order chi connectivity index (χ1) is 12.0. The van der Waals surface area contributed by atoms with Crippen LogP contribution in [-0.4, -0.2) is 16.2 Å². The van der Waals surface area contributed by atoms with Gasteiger partial charge in [-0.15, -0.1) is 0 Å². The van der Waals surface area contributed by atoms with E-state index in [4.69, 9.17) is 0 Å². The van der Waals surface area contributed by atoms with E-state index >= 15 is 0 Å². The van der Waals surface area contributed by atoms with Crippen molar-refractivity contribution < 1.29 is 22.3 Å². The maximum Gasteiger partial charge on any atom is 0.387 e. The van der Waals surface area contributed by atoms with Gasteiger partial charge in [0, 0.05) is 12.0 Å². The largest absolute Gasteiger partial charge is 0.434 e. The van der Waals surface area contributed by atoms with Gasteiger partial charge in [0.05, 0.1) is 16.0 Å². The van der Waals surface area contributed by atoms with Gasteiger partial charge in [-0.3, -0.25) is 0 Å². The van der Waals surface area contributed by atoms with Crippen molar-refractivity contribution in [2.45, 2.75) is 25.2 Å². The van der Waals surface area contributed by atoms with Crippen molar-refractivity contribution in [3.05, 3.63) is 58.1 Å². The first kappa shape index (κ1) is 16.4. The lowest BCUT2D eigenvalue weighted by Gasteiger charge is -2.18. The van der Waals surface area contributed by atoms with Crippen LogP contribution in [0.15, 0.2) is 40.9 Å². The molecule has 1 aliphatic rings. The number of para-hydroxylation sites is 1. The molecule has 2 atom stereocenters. The maximum atomic E-state index is 14.6. The minimum Gasteiger partial charge on any atom is -0.434 e. The molecule has 0 spiro atoms. The summed E-state index contributed by atoms with van der Waals surface area (Å²) in [6.07, 6.45) is -1.44. The molecule has 0 fully saturated rings. The second kappa shape index (κ2) is 6.01. The molecule has 2 unspecified atom stereocenters. The third kappa shape index (κ3) is 2.59. The van der Waals surface area contributed by atoms with Crippen LogP contribution >= 0.6 is 15.9 Å². The van der Waals surface area contributed by atoms with Gasteiger partial charge in [-0.25, -0.2) is 13.8 Å². The highest BCUT2D eigenvalue weighted by Crippen LogP contribution is 2.46. The van der Waals surface area contributed by atoms with E-state index in [0.717, 1.165) is 0 Å². The molecule has 8 heteroatoms. The Morgan fingerprint density at radius 1 is 1.20 bits per heavy atom. The Bertz CT molecular complexity index is 959. The number of rotatable bonds is 3. The van der Waals surface area contributed by atoms with Crippen LogP contribution in [0, 0.1) is 5.82 Å². The zero-order valence-corrected chi connectivity index (χ0v) is 14.2. The van der Waals surface area contributed by atoms with Gasteiger partial charge in [0.1, 0.15) is 17.1 Å². The fraction of sp³-hybridized carbons (Fsp3) is 0.235. The van der Waals surface area contributed by atoms with Crippen LogP contribution < -0.4 is 4.74 Å². The predicted octanol–water partition coefficient (Wildman–Crippen LogP) is 5.54. The number of imidazole rings is 1. The Morgan fingerprint density at radius 3 is 2.72 bits per heavy atom. The van der Waals surface area contributed by atoms with Gasteiger partial charge >= 0.3 is 6.61 Å². The van der Waals surface area contributed by atoms with E-state index in [1.807, 2.05) is 0 Å². The van der Waals surface area contributed by atoms with Crippen LogP contribution in [0.25, 0.3) is 11.0 Å². The molecule has 1 aromatic heterocycles. The van der Waals surface area contributed by atoms with Crippen molar-refractivity contribution in [1.82, 2.24) is 9.55 Å². The van der Waals surface area contributed by atoms with Crippen LogP contribution in [-0.2, 0) is 0 Å². The molecule has 130 valence electrons. The molecule has 0 saturated heterocycles. The Labute approximate surface area is 148 Å². The molecule has 3 aromatic rings. The summed E-state index contributed by atoms with van der Waals surface area (Å²) in [6.45, 7) is -3.01. The highest BCUT2D eigenvalue weighted by atomic mass is 79.9. The second-order valence-corrected chi connectivity index (χ2v) is 6.56. The van der Waals surface area contributed by atoms with Crippen molar-refractivity contribution in [3.8, 4) is 5.75 Å². The zero-order valence-electron chi connectivity index (χ0n) is 12.6. The monoisotopic (exact) mass is 414 g/mol. The molecule has 0 radical (unpaired) electrons. The molecule has 25 heavy (non-hydrogen) atoms. The van der Waals surface area contributed by atoms with Crippen molar-refractivity contribution in [2.24, 2.45) is 0 Å². The van der Waals surface area contributed by atoms with E-state index in [0.29, 0.717) is 11.1 Å². The molecule has 3 nitrogen and oxygen atoms in total. The molecule has 0 saturated carbocycles. The van der Waals surface area contributed by atoms with Gasteiger partial charge in [-0.1, -0.05) is 18.2 Å². The van der Waals surface area contributed by atoms with Gasteiger partial charge in [-0.05, 0) is 34.1 Å². The summed E-state index contributed by atoms with van der Waals surface area (Å²) in [6, 6.07) is 8.55. The fourth-order valence-corrected chi connectivity index (χ4v) is 3.63. The van der Waals surface area contributed by atoms with Crippen LogP contribution in [0.3, 0.4) is 0 Å². The van der Waals surface area contributed by atoms with E-state index in [1.165, 1.54) is 16.7 Å². The SMILES string of the molecule is Fc1c(Br)ccc2nc3n(c12)C(c1ccccc1OC(F)F)CC3F. The lowest BCUT2D eigenvalue weighted by molar-refractivity contribution is -0.0507. The van der Waals surface area contributed by atoms with Crippen molar-refractivity contribution >= 4 is 27.0 Å². The van der Waals surface area contributed by atoms with Crippen LogP contribution in [0.5, 0.6) is 5.75 Å².